The van der Waals surface area contributed by atoms with Crippen LogP contribution >= 0.6 is 11.8 Å². The summed E-state index contributed by atoms with van der Waals surface area (Å²) in [5, 5.41) is 1.99. The second kappa shape index (κ2) is 13.4. The van der Waals surface area contributed by atoms with Gasteiger partial charge in [-0.3, -0.25) is 9.59 Å². The molecule has 4 aliphatic rings. The quantitative estimate of drug-likeness (QED) is 0.384. The number of nitrogens with one attached hydrogen (secondary N) is 1. The van der Waals surface area contributed by atoms with Gasteiger partial charge in [0, 0.05) is 63.0 Å². The van der Waals surface area contributed by atoms with Crippen LogP contribution in [0.25, 0.3) is 0 Å². The van der Waals surface area contributed by atoms with E-state index in [1.165, 1.54) is 17.8 Å². The second-order valence-corrected chi connectivity index (χ2v) is 15.5. The molecule has 0 saturated carbocycles. The average molecular weight is 654 g/mol. The van der Waals surface area contributed by atoms with Gasteiger partial charge in [0.25, 0.3) is 0 Å². The monoisotopic (exact) mass is 653 g/mol. The Morgan fingerprint density at radius 2 is 1.76 bits per heavy atom. The van der Waals surface area contributed by atoms with Crippen molar-refractivity contribution in [2.24, 2.45) is 5.41 Å². The third-order valence-electron chi connectivity index (χ3n) is 9.73. The second-order valence-electron chi connectivity index (χ2n) is 14.2. The number of rotatable bonds is 7. The Kier molecular flexibility index (Phi) is 9.50. The molecule has 4 amide bonds. The maximum Gasteiger partial charge on any atom is 0.322 e. The summed E-state index contributed by atoms with van der Waals surface area (Å²) in [7, 11) is 0. The van der Waals surface area contributed by atoms with E-state index in [1.807, 2.05) is 40.1 Å². The van der Waals surface area contributed by atoms with Crippen LogP contribution in [0.4, 0.5) is 25.0 Å². The summed E-state index contributed by atoms with van der Waals surface area (Å²) >= 11 is 1.41. The fourth-order valence-electron chi connectivity index (χ4n) is 7.09. The van der Waals surface area contributed by atoms with Crippen molar-refractivity contribution in [2.75, 3.05) is 49.5 Å². The molecule has 4 aliphatic heterocycles. The zero-order valence-corrected chi connectivity index (χ0v) is 27.8. The van der Waals surface area contributed by atoms with Gasteiger partial charge >= 0.3 is 6.03 Å². The first-order chi connectivity index (χ1) is 22.0. The third-order valence-corrected chi connectivity index (χ3v) is 11.2. The van der Waals surface area contributed by atoms with Crippen molar-refractivity contribution in [3.05, 3.63) is 59.4 Å². The van der Waals surface area contributed by atoms with E-state index >= 15 is 4.39 Å². The highest BCUT2D eigenvalue weighted by Gasteiger charge is 2.45. The minimum atomic E-state index is -1.01. The number of halogens is 2. The molecule has 2 unspecified atom stereocenters. The first kappa shape index (κ1) is 32.6. The number of fused-ring (bicyclic) bond motifs is 1. The van der Waals surface area contributed by atoms with E-state index in [4.69, 9.17) is 0 Å². The predicted octanol–water partition coefficient (Wildman–Crippen LogP) is 6.22. The number of urea groups is 1. The number of alkyl halides is 1. The minimum absolute atomic E-state index is 0.0258. The van der Waals surface area contributed by atoms with Gasteiger partial charge in [0.2, 0.25) is 11.8 Å². The van der Waals surface area contributed by atoms with E-state index in [0.717, 1.165) is 24.1 Å². The van der Waals surface area contributed by atoms with Gasteiger partial charge in [0.15, 0.2) is 0 Å². The van der Waals surface area contributed by atoms with Crippen molar-refractivity contribution in [1.29, 1.82) is 0 Å². The van der Waals surface area contributed by atoms with E-state index in [0.29, 0.717) is 63.2 Å². The van der Waals surface area contributed by atoms with E-state index in [-0.39, 0.29) is 42.3 Å². The Hall–Kier alpha value is -3.34. The van der Waals surface area contributed by atoms with Crippen LogP contribution in [0.5, 0.6) is 0 Å². The molecule has 11 heteroatoms. The molecule has 2 aromatic carbocycles. The fraction of sp³-hybridized carbons (Fsp3) is 0.571. The Morgan fingerprint density at radius 1 is 1.00 bits per heavy atom. The molecule has 46 heavy (non-hydrogen) atoms. The summed E-state index contributed by atoms with van der Waals surface area (Å²) in [5.41, 5.74) is 2.98. The molecule has 1 N–H and O–H groups in total. The Bertz CT molecular complexity index is 1460. The summed E-state index contributed by atoms with van der Waals surface area (Å²) in [6.07, 6.45) is 2.29. The highest BCUT2D eigenvalue weighted by Crippen LogP contribution is 2.48. The lowest BCUT2D eigenvalue weighted by atomic mass is 9.92. The lowest BCUT2D eigenvalue weighted by molar-refractivity contribution is -0.137. The van der Waals surface area contributed by atoms with Crippen LogP contribution in [0.2, 0.25) is 0 Å². The zero-order valence-electron chi connectivity index (χ0n) is 27.0. The summed E-state index contributed by atoms with van der Waals surface area (Å²) in [5.74, 6) is -0.601. The molecule has 0 aliphatic carbocycles. The van der Waals surface area contributed by atoms with Crippen molar-refractivity contribution in [3.63, 3.8) is 0 Å². The number of thioether (sulfide) groups is 1. The summed E-state index contributed by atoms with van der Waals surface area (Å²) in [6.45, 7) is 9.07. The Morgan fingerprint density at radius 3 is 2.48 bits per heavy atom. The van der Waals surface area contributed by atoms with Gasteiger partial charge in [0.05, 0.1) is 10.9 Å². The number of piperidine rings is 1. The number of nitrogens with zero attached hydrogens (tertiary/aromatic N) is 4. The van der Waals surface area contributed by atoms with Crippen molar-refractivity contribution < 1.29 is 23.2 Å². The number of para-hydroxylation sites is 2. The number of benzene rings is 2. The van der Waals surface area contributed by atoms with E-state index < -0.39 is 22.6 Å². The molecule has 0 bridgehead atoms. The number of likely N-dealkylation sites (tertiary alicyclic amines) is 1. The number of hydrogen-bond donors (Lipinski definition) is 1. The average Bonchev–Trinajstić information content (AvgIpc) is 3.53. The molecule has 0 radical (unpaired) electrons. The first-order valence-corrected chi connectivity index (χ1v) is 17.5. The molecule has 6 rings (SSSR count). The van der Waals surface area contributed by atoms with Crippen LogP contribution in [-0.4, -0.2) is 89.3 Å². The molecule has 3 atom stereocenters. The number of amides is 4. The van der Waals surface area contributed by atoms with E-state index in [9.17, 15) is 18.8 Å². The maximum atomic E-state index is 15.3. The minimum Gasteiger partial charge on any atom is -0.366 e. The standard InChI is InChI=1S/C35H45F2N5O3S/c1-35(2,3)15-20-42-32(44)29(46-33(42)26-8-6-9-27(37)31(26)40-16-12-24(36)22-40)21-30(43)39-17-13-25(14-18-39)41-19-11-23-7-4-5-10-28(23)38-34(41)45/h4-10,24-25,29,33H,11-22H2,1-3H3,(H,38,45)/t24?,29-,33?/m0/s1. The summed E-state index contributed by atoms with van der Waals surface area (Å²) in [6, 6.07) is 12.7. The molecule has 2 aromatic rings. The van der Waals surface area contributed by atoms with Crippen LogP contribution in [0.3, 0.4) is 0 Å². The molecule has 248 valence electrons. The smallest absolute Gasteiger partial charge is 0.322 e. The van der Waals surface area contributed by atoms with Crippen molar-refractivity contribution in [1.82, 2.24) is 14.7 Å². The lowest BCUT2D eigenvalue weighted by Gasteiger charge is -2.38. The molecule has 3 fully saturated rings. The molecule has 0 aromatic heterocycles. The fourth-order valence-corrected chi connectivity index (χ4v) is 8.58. The summed E-state index contributed by atoms with van der Waals surface area (Å²) in [4.78, 5) is 47.9. The SMILES string of the molecule is CC(C)(C)CCN1C(=O)[C@H](CC(=O)N2CCC(N3CCc4ccccc4NC3=O)CC2)SC1c1cccc(F)c1N1CCC(F)C1. The van der Waals surface area contributed by atoms with Gasteiger partial charge in [-0.2, -0.15) is 0 Å². The van der Waals surface area contributed by atoms with Crippen LogP contribution < -0.4 is 10.2 Å². The highest BCUT2D eigenvalue weighted by molar-refractivity contribution is 8.01. The number of anilines is 2. The molecule has 8 nitrogen and oxygen atoms in total. The van der Waals surface area contributed by atoms with Crippen LogP contribution in [0.15, 0.2) is 42.5 Å². The molecule has 0 spiro atoms. The van der Waals surface area contributed by atoms with E-state index in [2.05, 4.69) is 26.1 Å². The Labute approximate surface area is 274 Å². The van der Waals surface area contributed by atoms with Gasteiger partial charge in [-0.05, 0) is 55.2 Å². The molecular weight excluding hydrogens is 608 g/mol. The first-order valence-electron chi connectivity index (χ1n) is 16.5. The molecular formula is C35H45F2N5O3S. The zero-order chi connectivity index (χ0) is 32.6. The van der Waals surface area contributed by atoms with Crippen LogP contribution in [0.1, 0.15) is 69.4 Å². The van der Waals surface area contributed by atoms with Gasteiger partial charge < -0.3 is 24.9 Å². The van der Waals surface area contributed by atoms with Gasteiger partial charge in [-0.15, -0.1) is 11.8 Å². The van der Waals surface area contributed by atoms with Crippen molar-refractivity contribution in [3.8, 4) is 0 Å². The lowest BCUT2D eigenvalue weighted by Crippen LogP contribution is -2.50. The third kappa shape index (κ3) is 6.99. The Balaban J connectivity index is 1.13. The highest BCUT2D eigenvalue weighted by atomic mass is 32.2. The van der Waals surface area contributed by atoms with Gasteiger partial charge in [0.1, 0.15) is 17.4 Å². The number of carbonyl (C=O) groups excluding carboxylic acids is 3. The van der Waals surface area contributed by atoms with Crippen molar-refractivity contribution >= 4 is 41.0 Å². The largest absolute Gasteiger partial charge is 0.366 e. The topological polar surface area (TPSA) is 76.2 Å². The van der Waals surface area contributed by atoms with Crippen molar-refractivity contribution in [2.45, 2.75) is 82.1 Å². The normalized spacial score (nSPS) is 24.3. The predicted molar refractivity (Wildman–Crippen MR) is 178 cm³/mol. The van der Waals surface area contributed by atoms with E-state index in [1.54, 1.807) is 15.9 Å². The molecule has 4 heterocycles. The summed E-state index contributed by atoms with van der Waals surface area (Å²) < 4.78 is 29.5. The van der Waals surface area contributed by atoms with Crippen LogP contribution in [-0.2, 0) is 16.0 Å². The maximum absolute atomic E-state index is 15.3. The van der Waals surface area contributed by atoms with Crippen LogP contribution in [0, 0.1) is 11.2 Å². The van der Waals surface area contributed by atoms with Gasteiger partial charge in [-0.1, -0.05) is 51.1 Å². The molecule has 3 saturated heterocycles. The number of carbonyl (C=O) groups is 3. The van der Waals surface area contributed by atoms with Gasteiger partial charge in [-0.25, -0.2) is 13.6 Å². The number of hydrogen-bond acceptors (Lipinski definition) is 5.